The van der Waals surface area contributed by atoms with E-state index in [9.17, 15) is 18.0 Å². The van der Waals surface area contributed by atoms with Crippen molar-refractivity contribution in [2.75, 3.05) is 32.5 Å². The summed E-state index contributed by atoms with van der Waals surface area (Å²) >= 11 is 1.19. The molecule has 0 spiro atoms. The largest absolute Gasteiger partial charge is 0.313 e. The van der Waals surface area contributed by atoms with Gasteiger partial charge >= 0.3 is 0 Å². The number of nitrogens with one attached hydrogen (secondary N) is 2. The number of benzene rings is 1. The lowest BCUT2D eigenvalue weighted by Crippen LogP contribution is -2.36. The molecule has 0 unspecified atom stereocenters. The smallest absolute Gasteiger partial charge is 0.268 e. The van der Waals surface area contributed by atoms with Gasteiger partial charge in [-0.3, -0.25) is 15.0 Å². The molecule has 0 atom stereocenters. The Balaban J connectivity index is 2.18. The van der Waals surface area contributed by atoms with E-state index in [0.717, 1.165) is 4.31 Å². The van der Waals surface area contributed by atoms with Gasteiger partial charge in [0.05, 0.1) is 22.6 Å². The van der Waals surface area contributed by atoms with Crippen molar-refractivity contribution in [1.82, 2.24) is 14.7 Å². The van der Waals surface area contributed by atoms with Gasteiger partial charge in [-0.2, -0.15) is 14.8 Å². The predicted molar refractivity (Wildman–Crippen MR) is 119 cm³/mol. The highest BCUT2D eigenvalue weighted by molar-refractivity contribution is 7.89. The topological polar surface area (TPSA) is 146 Å². The van der Waals surface area contributed by atoms with Crippen LogP contribution in [-0.2, 0) is 10.0 Å². The number of thiophene rings is 1. The van der Waals surface area contributed by atoms with E-state index in [1.807, 2.05) is 12.1 Å². The molecule has 12 heteroatoms. The summed E-state index contributed by atoms with van der Waals surface area (Å²) in [5.74, 6) is -0.871. The first-order valence-corrected chi connectivity index (χ1v) is 11.7. The number of carbonyl (C=O) groups excluding carboxylic acids is 2. The molecule has 2 amide bonds. The third kappa shape index (κ3) is 6.35. The van der Waals surface area contributed by atoms with E-state index in [1.165, 1.54) is 40.6 Å². The zero-order valence-corrected chi connectivity index (χ0v) is 19.2. The Kier molecular flexibility index (Phi) is 8.87. The molecule has 0 bridgehead atoms. The van der Waals surface area contributed by atoms with E-state index in [0.29, 0.717) is 10.6 Å². The second-order valence-electron chi connectivity index (χ2n) is 6.70. The van der Waals surface area contributed by atoms with Crippen molar-refractivity contribution in [1.29, 1.82) is 10.5 Å². The van der Waals surface area contributed by atoms with Gasteiger partial charge in [0.1, 0.15) is 5.00 Å². The Hall–Kier alpha value is -3.29. The van der Waals surface area contributed by atoms with Crippen LogP contribution in [-0.4, -0.2) is 56.7 Å². The maximum Gasteiger partial charge on any atom is 0.268 e. The number of anilines is 1. The van der Waals surface area contributed by atoms with Crippen LogP contribution in [0.5, 0.6) is 0 Å². The zero-order chi connectivity index (χ0) is 23.7. The molecule has 0 aliphatic heterocycles. The highest BCUT2D eigenvalue weighted by atomic mass is 32.2. The molecule has 0 saturated carbocycles. The van der Waals surface area contributed by atoms with Crippen molar-refractivity contribution in [3.63, 3.8) is 0 Å². The first-order chi connectivity index (χ1) is 15.2. The van der Waals surface area contributed by atoms with Gasteiger partial charge in [-0.1, -0.05) is 0 Å². The van der Waals surface area contributed by atoms with E-state index in [-0.39, 0.29) is 42.3 Å². The summed E-state index contributed by atoms with van der Waals surface area (Å²) in [7, 11) is -0.590. The number of hydrogen-bond acceptors (Lipinski definition) is 8. The lowest BCUT2D eigenvalue weighted by Gasteiger charge is -2.20. The first kappa shape index (κ1) is 25.0. The normalized spacial score (nSPS) is 11.1. The van der Waals surface area contributed by atoms with Crippen LogP contribution in [0.2, 0.25) is 0 Å². The van der Waals surface area contributed by atoms with Gasteiger partial charge in [0.2, 0.25) is 10.0 Å². The average Bonchev–Trinajstić information content (AvgIpc) is 3.21. The minimum absolute atomic E-state index is 0.00427. The Morgan fingerprint density at radius 2 is 1.59 bits per heavy atom. The number of hydrazine groups is 1. The van der Waals surface area contributed by atoms with Crippen LogP contribution in [0.4, 0.5) is 5.00 Å². The van der Waals surface area contributed by atoms with E-state index in [1.54, 1.807) is 25.5 Å². The molecule has 168 valence electrons. The van der Waals surface area contributed by atoms with Crippen LogP contribution in [0.15, 0.2) is 40.6 Å². The molecule has 2 N–H and O–H groups in total. The van der Waals surface area contributed by atoms with Gasteiger partial charge in [0, 0.05) is 45.6 Å². The number of nitriles is 2. The van der Waals surface area contributed by atoms with Gasteiger partial charge in [-0.25, -0.2) is 13.4 Å². The lowest BCUT2D eigenvalue weighted by atomic mass is 10.2. The molecule has 0 radical (unpaired) electrons. The third-order valence-corrected chi connectivity index (χ3v) is 6.91. The number of rotatable bonds is 10. The van der Waals surface area contributed by atoms with Crippen LogP contribution in [0.3, 0.4) is 0 Å². The quantitative estimate of drug-likeness (QED) is 0.501. The van der Waals surface area contributed by atoms with Gasteiger partial charge in [-0.05, 0) is 35.7 Å². The fraction of sp³-hybridized carbons (Fsp3) is 0.300. The monoisotopic (exact) mass is 474 g/mol. The van der Waals surface area contributed by atoms with Gasteiger partial charge in [0.15, 0.2) is 0 Å². The van der Waals surface area contributed by atoms with Gasteiger partial charge in [-0.15, -0.1) is 11.3 Å². The molecule has 0 fully saturated rings. The molecule has 2 aromatic rings. The maximum atomic E-state index is 12.8. The zero-order valence-electron chi connectivity index (χ0n) is 17.5. The van der Waals surface area contributed by atoms with Gasteiger partial charge < -0.3 is 5.32 Å². The minimum Gasteiger partial charge on any atom is -0.313 e. The molecule has 0 aliphatic rings. The Bertz CT molecular complexity index is 1130. The molecule has 32 heavy (non-hydrogen) atoms. The molecule has 2 rings (SSSR count). The lowest BCUT2D eigenvalue weighted by molar-refractivity contribution is 0.0858. The molecule has 1 aromatic carbocycles. The maximum absolute atomic E-state index is 12.8. The molecular weight excluding hydrogens is 452 g/mol. The number of amides is 2. The summed E-state index contributed by atoms with van der Waals surface area (Å²) < 4.78 is 26.8. The van der Waals surface area contributed by atoms with Crippen molar-refractivity contribution in [3.05, 3.63) is 46.8 Å². The SMILES string of the molecule is CN(C)NC(=O)c1ccsc1NC(=O)c1ccc(S(=O)(=O)N(CCC#N)CCC#N)cc1. The predicted octanol–water partition coefficient (Wildman–Crippen LogP) is 2.02. The van der Waals surface area contributed by atoms with Crippen LogP contribution in [0.1, 0.15) is 33.6 Å². The van der Waals surface area contributed by atoms with Crippen molar-refractivity contribution >= 4 is 38.2 Å². The Labute approximate surface area is 190 Å². The molecule has 0 aliphatic carbocycles. The van der Waals surface area contributed by atoms with Crippen molar-refractivity contribution in [2.45, 2.75) is 17.7 Å². The van der Waals surface area contributed by atoms with E-state index in [2.05, 4.69) is 10.7 Å². The van der Waals surface area contributed by atoms with Crippen LogP contribution in [0.25, 0.3) is 0 Å². The standard InChI is InChI=1S/C20H22N6O4S2/c1-25(2)24-19(28)17-9-14-31-20(17)23-18(27)15-5-7-16(8-6-15)32(29,30)26(12-3-10-21)13-4-11-22/h5-9,14H,3-4,12-13H2,1-2H3,(H,23,27)(H,24,28). The van der Waals surface area contributed by atoms with E-state index < -0.39 is 15.9 Å². The fourth-order valence-electron chi connectivity index (χ4n) is 2.65. The minimum atomic E-state index is -3.92. The molecule has 0 saturated heterocycles. The first-order valence-electron chi connectivity index (χ1n) is 9.42. The highest BCUT2D eigenvalue weighted by Gasteiger charge is 2.24. The van der Waals surface area contributed by atoms with Crippen LogP contribution in [0, 0.1) is 22.7 Å². The second kappa shape index (κ2) is 11.4. The summed E-state index contributed by atoms with van der Waals surface area (Å²) in [5.41, 5.74) is 3.11. The summed E-state index contributed by atoms with van der Waals surface area (Å²) in [4.78, 5) is 24.8. The Morgan fingerprint density at radius 3 is 2.12 bits per heavy atom. The highest BCUT2D eigenvalue weighted by Crippen LogP contribution is 2.24. The summed E-state index contributed by atoms with van der Waals surface area (Å²) in [6.45, 7) is -0.0577. The molecular formula is C20H22N6O4S2. The van der Waals surface area contributed by atoms with E-state index >= 15 is 0 Å². The van der Waals surface area contributed by atoms with Crippen molar-refractivity contribution < 1.29 is 18.0 Å². The third-order valence-electron chi connectivity index (χ3n) is 4.16. The fourth-order valence-corrected chi connectivity index (χ4v) is 4.87. The number of nitrogens with zero attached hydrogens (tertiary/aromatic N) is 4. The van der Waals surface area contributed by atoms with Crippen molar-refractivity contribution in [2.24, 2.45) is 0 Å². The summed E-state index contributed by atoms with van der Waals surface area (Å²) in [6.07, 6.45) is -0.00854. The molecule has 1 aromatic heterocycles. The summed E-state index contributed by atoms with van der Waals surface area (Å²) in [5, 5.41) is 23.7. The average molecular weight is 475 g/mol. The number of hydrogen-bond donors (Lipinski definition) is 2. The second-order valence-corrected chi connectivity index (χ2v) is 9.55. The Morgan fingerprint density at radius 1 is 1.00 bits per heavy atom. The van der Waals surface area contributed by atoms with Crippen LogP contribution < -0.4 is 10.7 Å². The molecule has 1 heterocycles. The summed E-state index contributed by atoms with van der Waals surface area (Å²) in [6, 6.07) is 10.7. The van der Waals surface area contributed by atoms with E-state index in [4.69, 9.17) is 10.5 Å². The van der Waals surface area contributed by atoms with Crippen molar-refractivity contribution in [3.8, 4) is 12.1 Å². The van der Waals surface area contributed by atoms with Crippen LogP contribution >= 0.6 is 11.3 Å². The molecule has 10 nitrogen and oxygen atoms in total. The number of carbonyl (C=O) groups is 2. The van der Waals surface area contributed by atoms with Gasteiger partial charge in [0.25, 0.3) is 11.8 Å². The number of sulfonamides is 1.